The van der Waals surface area contributed by atoms with Gasteiger partial charge >= 0.3 is 0 Å². The number of hydrogen-bond acceptors (Lipinski definition) is 4. The van der Waals surface area contributed by atoms with Gasteiger partial charge in [0.2, 0.25) is 11.0 Å². The van der Waals surface area contributed by atoms with Crippen molar-refractivity contribution in [3.8, 4) is 0 Å². The number of nitrogens with zero attached hydrogens (tertiary/aromatic N) is 2. The van der Waals surface area contributed by atoms with Crippen LogP contribution < -0.4 is 5.32 Å². The molecule has 1 aromatic heterocycles. The summed E-state index contributed by atoms with van der Waals surface area (Å²) in [5.41, 5.74) is 0. The van der Waals surface area contributed by atoms with Gasteiger partial charge in [0.05, 0.1) is 0 Å². The van der Waals surface area contributed by atoms with Gasteiger partial charge in [-0.15, -0.1) is 10.2 Å². The Morgan fingerprint density at radius 1 is 1.05 bits per heavy atom. The van der Waals surface area contributed by atoms with Crippen LogP contribution in [0.1, 0.15) is 70.2 Å². The number of hydrogen-bond donors (Lipinski definition) is 1. The van der Waals surface area contributed by atoms with Gasteiger partial charge in [-0.2, -0.15) is 0 Å². The fourth-order valence-electron chi connectivity index (χ4n) is 1.83. The van der Waals surface area contributed by atoms with Crippen molar-refractivity contribution in [1.82, 2.24) is 10.2 Å². The Hall–Kier alpha value is -0.970. The topological polar surface area (TPSA) is 54.9 Å². The summed E-state index contributed by atoms with van der Waals surface area (Å²) in [5, 5.41) is 12.6. The maximum absolute atomic E-state index is 11.6. The molecule has 108 valence electrons. The first-order valence-corrected chi connectivity index (χ1v) is 8.20. The highest BCUT2D eigenvalue weighted by molar-refractivity contribution is 7.15. The molecule has 0 bridgehead atoms. The van der Waals surface area contributed by atoms with Gasteiger partial charge in [-0.3, -0.25) is 4.79 Å². The Morgan fingerprint density at radius 2 is 1.79 bits per heavy atom. The quantitative estimate of drug-likeness (QED) is 0.655. The highest BCUT2D eigenvalue weighted by atomic mass is 32.1. The van der Waals surface area contributed by atoms with Gasteiger partial charge in [0.15, 0.2) is 0 Å². The van der Waals surface area contributed by atoms with E-state index in [1.54, 1.807) is 0 Å². The van der Waals surface area contributed by atoms with Crippen LogP contribution >= 0.6 is 11.3 Å². The minimum atomic E-state index is 0.0575. The molecule has 1 N–H and O–H groups in total. The molecule has 1 amide bonds. The molecule has 0 radical (unpaired) electrons. The lowest BCUT2D eigenvalue weighted by Crippen LogP contribution is -2.10. The zero-order chi connectivity index (χ0) is 13.9. The van der Waals surface area contributed by atoms with Crippen LogP contribution in [0.2, 0.25) is 0 Å². The minimum Gasteiger partial charge on any atom is -0.301 e. The Balaban J connectivity index is 2.24. The van der Waals surface area contributed by atoms with E-state index in [9.17, 15) is 4.79 Å². The van der Waals surface area contributed by atoms with Crippen LogP contribution in [0.4, 0.5) is 5.13 Å². The number of unbranched alkanes of at least 4 members (excludes halogenated alkanes) is 5. The molecule has 0 aromatic carbocycles. The summed E-state index contributed by atoms with van der Waals surface area (Å²) in [5.74, 6) is 0.0575. The van der Waals surface area contributed by atoms with E-state index in [2.05, 4.69) is 29.4 Å². The average molecular weight is 283 g/mol. The lowest BCUT2D eigenvalue weighted by molar-refractivity contribution is -0.116. The Morgan fingerprint density at radius 3 is 2.53 bits per heavy atom. The van der Waals surface area contributed by atoms with Crippen molar-refractivity contribution < 1.29 is 4.79 Å². The van der Waals surface area contributed by atoms with E-state index >= 15 is 0 Å². The molecule has 0 saturated heterocycles. The van der Waals surface area contributed by atoms with E-state index in [4.69, 9.17) is 0 Å². The van der Waals surface area contributed by atoms with Gasteiger partial charge in [-0.25, -0.2) is 0 Å². The van der Waals surface area contributed by atoms with Crippen LogP contribution in [0.15, 0.2) is 0 Å². The molecular weight excluding hydrogens is 258 g/mol. The van der Waals surface area contributed by atoms with Gasteiger partial charge in [0, 0.05) is 12.8 Å². The van der Waals surface area contributed by atoms with E-state index in [0.29, 0.717) is 11.6 Å². The zero-order valence-corrected chi connectivity index (χ0v) is 12.9. The highest BCUT2D eigenvalue weighted by Gasteiger charge is 2.07. The van der Waals surface area contributed by atoms with Gasteiger partial charge in [-0.1, -0.05) is 57.3 Å². The molecule has 5 heteroatoms. The molecule has 0 spiro atoms. The Labute approximate surface area is 120 Å². The fourth-order valence-corrected chi connectivity index (χ4v) is 2.62. The van der Waals surface area contributed by atoms with Crippen LogP contribution in [0.3, 0.4) is 0 Å². The fraction of sp³-hybridized carbons (Fsp3) is 0.786. The van der Waals surface area contributed by atoms with Gasteiger partial charge in [0.25, 0.3) is 0 Å². The SMILES string of the molecule is CCCCCCc1nnc(NC(=O)CCCCC)s1. The Kier molecular flexibility index (Phi) is 8.38. The minimum absolute atomic E-state index is 0.0575. The number of nitrogens with one attached hydrogen (secondary N) is 1. The van der Waals surface area contributed by atoms with E-state index in [1.807, 2.05) is 0 Å². The smallest absolute Gasteiger partial charge is 0.226 e. The van der Waals surface area contributed by atoms with Crippen molar-refractivity contribution in [3.63, 3.8) is 0 Å². The molecule has 0 aliphatic rings. The van der Waals surface area contributed by atoms with Crippen molar-refractivity contribution in [2.24, 2.45) is 0 Å². The largest absolute Gasteiger partial charge is 0.301 e. The summed E-state index contributed by atoms with van der Waals surface area (Å²) in [6.07, 6.45) is 9.67. The van der Waals surface area contributed by atoms with Crippen molar-refractivity contribution in [1.29, 1.82) is 0 Å². The number of anilines is 1. The molecule has 0 saturated carbocycles. The maximum Gasteiger partial charge on any atom is 0.226 e. The summed E-state index contributed by atoms with van der Waals surface area (Å²) < 4.78 is 0. The summed E-state index contributed by atoms with van der Waals surface area (Å²) in [7, 11) is 0. The van der Waals surface area contributed by atoms with Crippen LogP contribution in [-0.4, -0.2) is 16.1 Å². The molecule has 1 aromatic rings. The third-order valence-electron chi connectivity index (χ3n) is 2.96. The van der Waals surface area contributed by atoms with Crippen molar-refractivity contribution >= 4 is 22.4 Å². The summed E-state index contributed by atoms with van der Waals surface area (Å²) in [4.78, 5) is 11.6. The van der Waals surface area contributed by atoms with Crippen LogP contribution in [0.25, 0.3) is 0 Å². The predicted molar refractivity (Wildman–Crippen MR) is 80.5 cm³/mol. The molecule has 0 unspecified atom stereocenters. The normalized spacial score (nSPS) is 10.6. The zero-order valence-electron chi connectivity index (χ0n) is 12.1. The highest BCUT2D eigenvalue weighted by Crippen LogP contribution is 2.18. The lowest BCUT2D eigenvalue weighted by Gasteiger charge is -1.99. The van der Waals surface area contributed by atoms with E-state index < -0.39 is 0 Å². The third kappa shape index (κ3) is 7.25. The molecule has 0 aliphatic carbocycles. The first-order valence-electron chi connectivity index (χ1n) is 7.38. The second kappa shape index (κ2) is 9.89. The average Bonchev–Trinajstić information content (AvgIpc) is 2.82. The summed E-state index contributed by atoms with van der Waals surface area (Å²) >= 11 is 1.50. The molecule has 1 rings (SSSR count). The molecule has 0 fully saturated rings. The standard InChI is InChI=1S/C14H25N3OS/c1-3-5-7-9-11-13-16-17-14(19-13)15-12(18)10-8-6-4-2/h3-11H2,1-2H3,(H,15,17,18). The second-order valence-corrected chi connectivity index (χ2v) is 5.88. The number of aromatic nitrogens is 2. The van der Waals surface area contributed by atoms with Crippen molar-refractivity contribution in [2.45, 2.75) is 71.6 Å². The molecule has 19 heavy (non-hydrogen) atoms. The van der Waals surface area contributed by atoms with E-state index in [1.165, 1.54) is 30.6 Å². The van der Waals surface area contributed by atoms with Crippen LogP contribution in [0, 0.1) is 0 Å². The Bertz CT molecular complexity index is 365. The van der Waals surface area contributed by atoms with Crippen molar-refractivity contribution in [2.75, 3.05) is 5.32 Å². The van der Waals surface area contributed by atoms with Gasteiger partial charge in [0.1, 0.15) is 5.01 Å². The molecular formula is C14H25N3OS. The summed E-state index contributed by atoms with van der Waals surface area (Å²) in [6, 6.07) is 0. The summed E-state index contributed by atoms with van der Waals surface area (Å²) in [6.45, 7) is 4.34. The number of carbonyl (C=O) groups is 1. The van der Waals surface area contributed by atoms with Crippen LogP contribution in [-0.2, 0) is 11.2 Å². The predicted octanol–water partition coefficient (Wildman–Crippen LogP) is 4.18. The molecule has 4 nitrogen and oxygen atoms in total. The monoisotopic (exact) mass is 283 g/mol. The first-order chi connectivity index (χ1) is 9.26. The molecule has 0 aliphatic heterocycles. The van der Waals surface area contributed by atoms with Crippen LogP contribution in [0.5, 0.6) is 0 Å². The van der Waals surface area contributed by atoms with Crippen molar-refractivity contribution in [3.05, 3.63) is 5.01 Å². The number of carbonyl (C=O) groups excluding carboxylic acids is 1. The van der Waals surface area contributed by atoms with Gasteiger partial charge < -0.3 is 5.32 Å². The van der Waals surface area contributed by atoms with Gasteiger partial charge in [-0.05, 0) is 12.8 Å². The maximum atomic E-state index is 11.6. The first kappa shape index (κ1) is 16.1. The number of amides is 1. The second-order valence-electron chi connectivity index (χ2n) is 4.82. The lowest BCUT2D eigenvalue weighted by atomic mass is 10.2. The number of rotatable bonds is 10. The van der Waals surface area contributed by atoms with E-state index in [0.717, 1.165) is 37.1 Å². The van der Waals surface area contributed by atoms with E-state index in [-0.39, 0.29) is 5.91 Å². The third-order valence-corrected chi connectivity index (χ3v) is 3.86. The number of aryl methyl sites for hydroxylation is 1. The molecule has 0 atom stereocenters. The molecule has 1 heterocycles.